The monoisotopic (exact) mass is 313 g/mol. The van der Waals surface area contributed by atoms with E-state index in [1.165, 1.54) is 0 Å². The summed E-state index contributed by atoms with van der Waals surface area (Å²) in [5, 5.41) is 8.78. The van der Waals surface area contributed by atoms with E-state index in [0.29, 0.717) is 10.2 Å². The Kier molecular flexibility index (Phi) is 6.50. The standard InChI is InChI=1S/C13H9Cl2N3.ClH/c14-12-5-3-10(4-6-12)8-17-18-13(15)11-2-1-7-16-9-11;/h1-9H;1H. The number of nitrogens with zero attached hydrogens (tertiary/aromatic N) is 3. The molecule has 6 heteroatoms. The smallest absolute Gasteiger partial charge is 0.160 e. The summed E-state index contributed by atoms with van der Waals surface area (Å²) in [4.78, 5) is 3.95. The van der Waals surface area contributed by atoms with Gasteiger partial charge in [-0.1, -0.05) is 35.3 Å². The Morgan fingerprint density at radius 1 is 1.16 bits per heavy atom. The van der Waals surface area contributed by atoms with Gasteiger partial charge in [-0.05, 0) is 29.8 Å². The van der Waals surface area contributed by atoms with Gasteiger partial charge in [0.15, 0.2) is 5.17 Å². The summed E-state index contributed by atoms with van der Waals surface area (Å²) in [5.74, 6) is 0. The highest BCUT2D eigenvalue weighted by atomic mass is 35.5. The van der Waals surface area contributed by atoms with Gasteiger partial charge in [0.1, 0.15) is 0 Å². The average Bonchev–Trinajstić information content (AvgIpc) is 2.42. The molecule has 0 N–H and O–H groups in total. The molecule has 0 atom stereocenters. The van der Waals surface area contributed by atoms with Crippen LogP contribution < -0.4 is 0 Å². The zero-order valence-corrected chi connectivity index (χ0v) is 12.0. The van der Waals surface area contributed by atoms with E-state index in [-0.39, 0.29) is 12.4 Å². The maximum absolute atomic E-state index is 5.97. The molecule has 0 unspecified atom stereocenters. The topological polar surface area (TPSA) is 37.6 Å². The van der Waals surface area contributed by atoms with Gasteiger partial charge in [0.2, 0.25) is 0 Å². The molecule has 1 heterocycles. The molecule has 0 aliphatic heterocycles. The molecule has 2 rings (SSSR count). The first kappa shape index (κ1) is 15.6. The number of benzene rings is 1. The molecule has 0 aliphatic carbocycles. The molecule has 98 valence electrons. The minimum absolute atomic E-state index is 0. The lowest BCUT2D eigenvalue weighted by Gasteiger charge is -1.94. The van der Waals surface area contributed by atoms with Crippen molar-refractivity contribution in [3.05, 3.63) is 64.9 Å². The van der Waals surface area contributed by atoms with Gasteiger partial charge in [-0.25, -0.2) is 0 Å². The van der Waals surface area contributed by atoms with Crippen molar-refractivity contribution >= 4 is 47.0 Å². The van der Waals surface area contributed by atoms with Gasteiger partial charge in [0.25, 0.3) is 0 Å². The fraction of sp³-hybridized carbons (Fsp3) is 0. The van der Waals surface area contributed by atoms with Crippen LogP contribution in [-0.4, -0.2) is 16.4 Å². The Morgan fingerprint density at radius 2 is 1.89 bits per heavy atom. The van der Waals surface area contributed by atoms with Gasteiger partial charge < -0.3 is 0 Å². The zero-order chi connectivity index (χ0) is 12.8. The molecule has 0 spiro atoms. The Balaban J connectivity index is 0.00000180. The molecule has 3 nitrogen and oxygen atoms in total. The second-order valence-electron chi connectivity index (χ2n) is 3.43. The van der Waals surface area contributed by atoms with Gasteiger partial charge in [-0.3, -0.25) is 4.98 Å². The first-order valence-corrected chi connectivity index (χ1v) is 5.94. The van der Waals surface area contributed by atoms with Gasteiger partial charge in [0, 0.05) is 23.0 Å². The van der Waals surface area contributed by atoms with Crippen LogP contribution >= 0.6 is 35.6 Å². The van der Waals surface area contributed by atoms with Crippen molar-refractivity contribution in [3.8, 4) is 0 Å². The Bertz CT molecular complexity index is 565. The Hall–Kier alpha value is -1.42. The predicted molar refractivity (Wildman–Crippen MR) is 82.9 cm³/mol. The van der Waals surface area contributed by atoms with Crippen LogP contribution in [0.4, 0.5) is 0 Å². The minimum Gasteiger partial charge on any atom is -0.264 e. The summed E-state index contributed by atoms with van der Waals surface area (Å²) in [5.41, 5.74) is 1.63. The van der Waals surface area contributed by atoms with Gasteiger partial charge in [0.05, 0.1) is 6.21 Å². The summed E-state index contributed by atoms with van der Waals surface area (Å²) >= 11 is 11.7. The summed E-state index contributed by atoms with van der Waals surface area (Å²) < 4.78 is 0. The fourth-order valence-electron chi connectivity index (χ4n) is 1.24. The van der Waals surface area contributed by atoms with Crippen LogP contribution in [0.2, 0.25) is 5.02 Å². The van der Waals surface area contributed by atoms with Crippen molar-refractivity contribution in [3.63, 3.8) is 0 Å². The van der Waals surface area contributed by atoms with Crippen LogP contribution in [0.25, 0.3) is 0 Å². The summed E-state index contributed by atoms with van der Waals surface area (Å²) in [6.07, 6.45) is 4.91. The highest BCUT2D eigenvalue weighted by Gasteiger charge is 1.97. The van der Waals surface area contributed by atoms with E-state index in [9.17, 15) is 0 Å². The van der Waals surface area contributed by atoms with E-state index in [0.717, 1.165) is 11.1 Å². The number of halogens is 3. The quantitative estimate of drug-likeness (QED) is 0.618. The molecule has 0 amide bonds. The van der Waals surface area contributed by atoms with Crippen molar-refractivity contribution in [2.45, 2.75) is 0 Å². The maximum Gasteiger partial charge on any atom is 0.160 e. The number of hydrogen-bond acceptors (Lipinski definition) is 3. The van der Waals surface area contributed by atoms with Crippen LogP contribution in [0.15, 0.2) is 59.0 Å². The second-order valence-corrected chi connectivity index (χ2v) is 4.22. The molecule has 2 aromatic rings. The molecular weight excluding hydrogens is 305 g/mol. The molecule has 0 radical (unpaired) electrons. The van der Waals surface area contributed by atoms with Crippen LogP contribution in [0.3, 0.4) is 0 Å². The molecule has 1 aromatic heterocycles. The molecule has 0 saturated heterocycles. The normalized spacial score (nSPS) is 11.4. The van der Waals surface area contributed by atoms with E-state index >= 15 is 0 Å². The lowest BCUT2D eigenvalue weighted by molar-refractivity contribution is 1.25. The Labute approximate surface area is 127 Å². The van der Waals surface area contributed by atoms with Crippen LogP contribution in [0, 0.1) is 0 Å². The van der Waals surface area contributed by atoms with Crippen LogP contribution in [-0.2, 0) is 0 Å². The van der Waals surface area contributed by atoms with Crippen LogP contribution in [0.5, 0.6) is 0 Å². The van der Waals surface area contributed by atoms with E-state index in [1.54, 1.807) is 36.8 Å². The first-order chi connectivity index (χ1) is 8.75. The highest BCUT2D eigenvalue weighted by molar-refractivity contribution is 6.69. The second kappa shape index (κ2) is 7.89. The van der Waals surface area contributed by atoms with Gasteiger partial charge >= 0.3 is 0 Å². The molecule has 0 aliphatic rings. The summed E-state index contributed by atoms with van der Waals surface area (Å²) in [6, 6.07) is 10.9. The fourth-order valence-corrected chi connectivity index (χ4v) is 1.52. The van der Waals surface area contributed by atoms with Crippen molar-refractivity contribution in [1.29, 1.82) is 0 Å². The Morgan fingerprint density at radius 3 is 2.53 bits per heavy atom. The van der Waals surface area contributed by atoms with Crippen LogP contribution in [0.1, 0.15) is 11.1 Å². The first-order valence-electron chi connectivity index (χ1n) is 5.18. The summed E-state index contributed by atoms with van der Waals surface area (Å²) in [7, 11) is 0. The van der Waals surface area contributed by atoms with E-state index in [2.05, 4.69) is 15.2 Å². The SMILES string of the molecule is Cl.ClC(=NN=Cc1ccc(Cl)cc1)c1cccnc1. The zero-order valence-electron chi connectivity index (χ0n) is 9.70. The van der Waals surface area contributed by atoms with E-state index in [1.807, 2.05) is 18.2 Å². The third kappa shape index (κ3) is 4.99. The molecule has 19 heavy (non-hydrogen) atoms. The third-order valence-corrected chi connectivity index (χ3v) is 2.67. The molecular formula is C13H10Cl3N3. The molecule has 0 bridgehead atoms. The predicted octanol–water partition coefficient (Wildman–Crippen LogP) is 4.18. The third-order valence-electron chi connectivity index (χ3n) is 2.12. The molecule has 0 fully saturated rings. The number of aromatic nitrogens is 1. The molecule has 1 aromatic carbocycles. The maximum atomic E-state index is 5.97. The van der Waals surface area contributed by atoms with Crippen molar-refractivity contribution in [2.24, 2.45) is 10.2 Å². The highest BCUT2D eigenvalue weighted by Crippen LogP contribution is 2.08. The van der Waals surface area contributed by atoms with Crippen molar-refractivity contribution in [1.82, 2.24) is 4.98 Å². The largest absolute Gasteiger partial charge is 0.264 e. The number of hydrogen-bond donors (Lipinski definition) is 0. The minimum atomic E-state index is 0. The van der Waals surface area contributed by atoms with Gasteiger partial charge in [-0.2, -0.15) is 5.10 Å². The lowest BCUT2D eigenvalue weighted by Crippen LogP contribution is -1.90. The van der Waals surface area contributed by atoms with E-state index in [4.69, 9.17) is 23.2 Å². The lowest BCUT2D eigenvalue weighted by atomic mass is 10.2. The number of rotatable bonds is 3. The number of pyridine rings is 1. The van der Waals surface area contributed by atoms with Gasteiger partial charge in [-0.15, -0.1) is 17.5 Å². The van der Waals surface area contributed by atoms with E-state index < -0.39 is 0 Å². The average molecular weight is 315 g/mol. The van der Waals surface area contributed by atoms with Crippen molar-refractivity contribution in [2.75, 3.05) is 0 Å². The van der Waals surface area contributed by atoms with Crippen molar-refractivity contribution < 1.29 is 0 Å². The molecule has 0 saturated carbocycles. The summed E-state index contributed by atoms with van der Waals surface area (Å²) in [6.45, 7) is 0.